The Morgan fingerprint density at radius 1 is 1.48 bits per heavy atom. The van der Waals surface area contributed by atoms with Crippen LogP contribution in [0.3, 0.4) is 0 Å². The molecule has 1 aliphatic rings. The van der Waals surface area contributed by atoms with Crippen LogP contribution in [0.25, 0.3) is 11.5 Å². The van der Waals surface area contributed by atoms with E-state index in [0.717, 1.165) is 17.9 Å². The van der Waals surface area contributed by atoms with Crippen molar-refractivity contribution in [3.8, 4) is 17.5 Å². The molecule has 1 aliphatic heterocycles. The summed E-state index contributed by atoms with van der Waals surface area (Å²) in [6, 6.07) is 3.95. The second kappa shape index (κ2) is 6.93. The van der Waals surface area contributed by atoms with E-state index >= 15 is 0 Å². The Bertz CT molecular complexity index is 829. The topological polar surface area (TPSA) is 103 Å². The van der Waals surface area contributed by atoms with Crippen LogP contribution in [-0.4, -0.2) is 34.1 Å². The highest BCUT2D eigenvalue weighted by molar-refractivity contribution is 5.71. The quantitative estimate of drug-likeness (QED) is 0.912. The van der Waals surface area contributed by atoms with E-state index in [-0.39, 0.29) is 5.92 Å². The zero-order chi connectivity index (χ0) is 18.0. The molecule has 0 radical (unpaired) electrons. The Hall–Kier alpha value is -2.88. The van der Waals surface area contributed by atoms with Gasteiger partial charge in [0.1, 0.15) is 17.6 Å². The van der Waals surface area contributed by atoms with E-state index in [0.29, 0.717) is 48.8 Å². The number of carbonyl (C=O) groups is 1. The fourth-order valence-electron chi connectivity index (χ4n) is 3.07. The van der Waals surface area contributed by atoms with Gasteiger partial charge in [0.15, 0.2) is 0 Å². The van der Waals surface area contributed by atoms with Gasteiger partial charge in [-0.05, 0) is 25.8 Å². The summed E-state index contributed by atoms with van der Waals surface area (Å²) in [6.07, 6.45) is 3.55. The van der Waals surface area contributed by atoms with Crippen molar-refractivity contribution in [1.29, 1.82) is 5.26 Å². The predicted octanol–water partition coefficient (Wildman–Crippen LogP) is 2.78. The zero-order valence-electron chi connectivity index (χ0n) is 14.3. The number of oxazole rings is 1. The molecule has 2 aromatic heterocycles. The Morgan fingerprint density at radius 2 is 2.20 bits per heavy atom. The van der Waals surface area contributed by atoms with Gasteiger partial charge in [0.2, 0.25) is 5.89 Å². The molecule has 3 heterocycles. The highest BCUT2D eigenvalue weighted by atomic mass is 16.4. The number of pyridine rings is 1. The van der Waals surface area contributed by atoms with Gasteiger partial charge in [-0.3, -0.25) is 4.79 Å². The lowest BCUT2D eigenvalue weighted by Crippen LogP contribution is -2.37. The molecular weight excluding hydrogens is 320 g/mol. The molecule has 0 spiro atoms. The third-order valence-corrected chi connectivity index (χ3v) is 4.59. The first-order valence-electron chi connectivity index (χ1n) is 8.38. The highest BCUT2D eigenvalue weighted by Crippen LogP contribution is 2.30. The van der Waals surface area contributed by atoms with Crippen molar-refractivity contribution in [3.05, 3.63) is 29.3 Å². The first-order chi connectivity index (χ1) is 12.0. The van der Waals surface area contributed by atoms with Crippen LogP contribution in [0.4, 0.5) is 5.82 Å². The number of piperidine rings is 1. The largest absolute Gasteiger partial charge is 0.481 e. The molecule has 25 heavy (non-hydrogen) atoms. The van der Waals surface area contributed by atoms with Crippen LogP contribution in [0, 0.1) is 24.2 Å². The van der Waals surface area contributed by atoms with E-state index in [1.807, 2.05) is 18.7 Å². The number of aromatic nitrogens is 2. The Balaban J connectivity index is 1.90. The molecular formula is C18H20N4O3. The monoisotopic (exact) mass is 340 g/mol. The summed E-state index contributed by atoms with van der Waals surface area (Å²) in [5.74, 6) is 0.786. The average molecular weight is 340 g/mol. The Labute approximate surface area is 145 Å². The Kier molecular flexibility index (Phi) is 4.70. The van der Waals surface area contributed by atoms with Gasteiger partial charge in [-0.2, -0.15) is 5.26 Å². The molecule has 1 fully saturated rings. The van der Waals surface area contributed by atoms with Crippen molar-refractivity contribution in [2.75, 3.05) is 18.0 Å². The lowest BCUT2D eigenvalue weighted by molar-refractivity contribution is -0.142. The first kappa shape index (κ1) is 17.0. The van der Waals surface area contributed by atoms with E-state index < -0.39 is 5.97 Å². The van der Waals surface area contributed by atoms with Gasteiger partial charge in [0, 0.05) is 19.5 Å². The minimum Gasteiger partial charge on any atom is -0.481 e. The molecule has 3 rings (SSSR count). The summed E-state index contributed by atoms with van der Waals surface area (Å²) in [7, 11) is 0. The smallest absolute Gasteiger partial charge is 0.306 e. The van der Waals surface area contributed by atoms with Gasteiger partial charge in [0.25, 0.3) is 0 Å². The molecule has 2 aromatic rings. The van der Waals surface area contributed by atoms with E-state index in [1.165, 1.54) is 0 Å². The number of carboxylic acids is 1. The average Bonchev–Trinajstić information content (AvgIpc) is 3.10. The van der Waals surface area contributed by atoms with Gasteiger partial charge >= 0.3 is 5.97 Å². The first-order valence-corrected chi connectivity index (χ1v) is 8.38. The van der Waals surface area contributed by atoms with Crippen molar-refractivity contribution in [3.63, 3.8) is 0 Å². The van der Waals surface area contributed by atoms with Crippen molar-refractivity contribution in [2.45, 2.75) is 33.1 Å². The zero-order valence-corrected chi connectivity index (χ0v) is 14.3. The summed E-state index contributed by atoms with van der Waals surface area (Å²) in [6.45, 7) is 5.01. The second-order valence-electron chi connectivity index (χ2n) is 6.19. The fraction of sp³-hybridized carbons (Fsp3) is 0.444. The van der Waals surface area contributed by atoms with Crippen LogP contribution >= 0.6 is 0 Å². The van der Waals surface area contributed by atoms with Gasteiger partial charge in [0.05, 0.1) is 28.9 Å². The van der Waals surface area contributed by atoms with E-state index in [4.69, 9.17) is 9.52 Å². The number of rotatable bonds is 4. The molecule has 130 valence electrons. The fourth-order valence-corrected chi connectivity index (χ4v) is 3.07. The number of carboxylic acid groups (broad SMARTS) is 1. The van der Waals surface area contributed by atoms with Gasteiger partial charge in [-0.25, -0.2) is 9.97 Å². The van der Waals surface area contributed by atoms with Crippen LogP contribution in [0.5, 0.6) is 0 Å². The summed E-state index contributed by atoms with van der Waals surface area (Å²) in [4.78, 5) is 22.0. The maximum atomic E-state index is 11.1. The van der Waals surface area contributed by atoms with Crippen LogP contribution in [-0.2, 0) is 11.2 Å². The van der Waals surface area contributed by atoms with Crippen LogP contribution in [0.2, 0.25) is 0 Å². The van der Waals surface area contributed by atoms with Crippen LogP contribution < -0.4 is 4.90 Å². The molecule has 0 bridgehead atoms. The number of aliphatic carboxylic acids is 1. The number of anilines is 1. The summed E-state index contributed by atoms with van der Waals surface area (Å²) in [5, 5.41) is 18.7. The molecule has 7 heteroatoms. The van der Waals surface area contributed by atoms with Crippen molar-refractivity contribution >= 4 is 11.8 Å². The number of nitrogens with zero attached hydrogens (tertiary/aromatic N) is 4. The molecule has 0 atom stereocenters. The lowest BCUT2D eigenvalue weighted by Gasteiger charge is -2.31. The molecule has 0 unspecified atom stereocenters. The van der Waals surface area contributed by atoms with Gasteiger partial charge in [-0.15, -0.1) is 0 Å². The summed E-state index contributed by atoms with van der Waals surface area (Å²) in [5.41, 5.74) is 1.89. The minimum absolute atomic E-state index is 0.318. The number of hydrogen-bond acceptors (Lipinski definition) is 6. The summed E-state index contributed by atoms with van der Waals surface area (Å²) < 4.78 is 5.69. The standard InChI is InChI=1S/C18H20N4O3/c1-3-14-10-20-17(25-14)15-8-13(9-19)16(21-11(15)2)22-6-4-12(5-7-22)18(23)24/h8,10,12H,3-7H2,1-2H3,(H,23,24). The van der Waals surface area contributed by atoms with Crippen LogP contribution in [0.15, 0.2) is 16.7 Å². The minimum atomic E-state index is -0.754. The van der Waals surface area contributed by atoms with E-state index in [9.17, 15) is 10.1 Å². The van der Waals surface area contributed by atoms with Crippen molar-refractivity contribution in [2.24, 2.45) is 5.92 Å². The van der Waals surface area contributed by atoms with Gasteiger partial charge < -0.3 is 14.4 Å². The maximum Gasteiger partial charge on any atom is 0.306 e. The molecule has 0 aromatic carbocycles. The lowest BCUT2D eigenvalue weighted by atomic mass is 9.96. The third kappa shape index (κ3) is 3.33. The predicted molar refractivity (Wildman–Crippen MR) is 91.1 cm³/mol. The molecule has 0 saturated carbocycles. The second-order valence-corrected chi connectivity index (χ2v) is 6.19. The number of hydrogen-bond donors (Lipinski definition) is 1. The normalized spacial score (nSPS) is 15.2. The molecule has 0 aliphatic carbocycles. The molecule has 1 N–H and O–H groups in total. The number of aryl methyl sites for hydroxylation is 2. The SMILES string of the molecule is CCc1cnc(-c2cc(C#N)c(N3CCC(C(=O)O)CC3)nc2C)o1. The van der Waals surface area contributed by atoms with Crippen molar-refractivity contribution in [1.82, 2.24) is 9.97 Å². The summed E-state index contributed by atoms with van der Waals surface area (Å²) >= 11 is 0. The molecule has 7 nitrogen and oxygen atoms in total. The molecule has 1 saturated heterocycles. The third-order valence-electron chi connectivity index (χ3n) is 4.59. The van der Waals surface area contributed by atoms with Gasteiger partial charge in [-0.1, -0.05) is 6.92 Å². The van der Waals surface area contributed by atoms with Crippen molar-refractivity contribution < 1.29 is 14.3 Å². The van der Waals surface area contributed by atoms with E-state index in [2.05, 4.69) is 16.0 Å². The highest BCUT2D eigenvalue weighted by Gasteiger charge is 2.27. The number of nitriles is 1. The van der Waals surface area contributed by atoms with E-state index in [1.54, 1.807) is 12.3 Å². The Morgan fingerprint density at radius 3 is 2.76 bits per heavy atom. The molecule has 0 amide bonds. The van der Waals surface area contributed by atoms with Crippen LogP contribution in [0.1, 0.15) is 36.8 Å². The maximum absolute atomic E-state index is 11.1.